The van der Waals surface area contributed by atoms with Crippen LogP contribution < -0.4 is 9.64 Å². The highest BCUT2D eigenvalue weighted by Crippen LogP contribution is 2.73. The summed E-state index contributed by atoms with van der Waals surface area (Å²) in [5.41, 5.74) is 1.82. The van der Waals surface area contributed by atoms with Gasteiger partial charge in [0.15, 0.2) is 5.78 Å². The number of hydrogen-bond acceptors (Lipinski definition) is 4. The third-order valence-corrected chi connectivity index (χ3v) is 8.31. The minimum absolute atomic E-state index is 0.0456. The highest BCUT2D eigenvalue weighted by Gasteiger charge is 2.78. The quantitative estimate of drug-likeness (QED) is 0.461. The first-order chi connectivity index (χ1) is 17.3. The molecule has 0 spiro atoms. The summed E-state index contributed by atoms with van der Waals surface area (Å²) in [4.78, 5) is 43.6. The average molecular weight is 478 g/mol. The van der Waals surface area contributed by atoms with Gasteiger partial charge in [-0.15, -0.1) is 0 Å². The first kappa shape index (κ1) is 22.5. The number of allylic oxidation sites excluding steroid dienone is 2. The monoisotopic (exact) mass is 477 g/mol. The van der Waals surface area contributed by atoms with Crippen LogP contribution in [0.4, 0.5) is 5.69 Å². The number of rotatable bonds is 5. The van der Waals surface area contributed by atoms with Crippen LogP contribution in [0, 0.1) is 22.7 Å². The largest absolute Gasteiger partial charge is 0.494 e. The lowest BCUT2D eigenvalue weighted by molar-refractivity contribution is -0.133. The van der Waals surface area contributed by atoms with Crippen molar-refractivity contribution in [2.75, 3.05) is 11.5 Å². The molecule has 2 fully saturated rings. The second-order valence-electron chi connectivity index (χ2n) is 10.1. The molecule has 5 heteroatoms. The maximum atomic E-state index is 14.3. The van der Waals surface area contributed by atoms with E-state index in [1.807, 2.05) is 81.4 Å². The van der Waals surface area contributed by atoms with E-state index in [0.717, 1.165) is 22.3 Å². The summed E-state index contributed by atoms with van der Waals surface area (Å²) in [6.07, 6.45) is 0. The zero-order chi connectivity index (χ0) is 25.2. The number of ketones is 1. The van der Waals surface area contributed by atoms with Crippen LogP contribution in [0.2, 0.25) is 0 Å². The van der Waals surface area contributed by atoms with Crippen molar-refractivity contribution < 1.29 is 19.1 Å². The van der Waals surface area contributed by atoms with E-state index in [1.165, 1.54) is 4.90 Å². The van der Waals surface area contributed by atoms with Crippen molar-refractivity contribution >= 4 is 34.4 Å². The Kier molecular flexibility index (Phi) is 4.84. The highest BCUT2D eigenvalue weighted by atomic mass is 16.5. The topological polar surface area (TPSA) is 63.7 Å². The molecule has 1 saturated carbocycles. The number of carbonyl (C=O) groups is 3. The van der Waals surface area contributed by atoms with Crippen LogP contribution in [0.15, 0.2) is 84.9 Å². The number of carbonyl (C=O) groups excluding carboxylic acids is 3. The van der Waals surface area contributed by atoms with Gasteiger partial charge in [-0.25, -0.2) is 4.90 Å². The molecule has 2 bridgehead atoms. The molecule has 3 aromatic carbocycles. The zero-order valence-electron chi connectivity index (χ0n) is 20.5. The third kappa shape index (κ3) is 2.68. The molecule has 0 radical (unpaired) electrons. The van der Waals surface area contributed by atoms with Gasteiger partial charge in [-0.3, -0.25) is 14.4 Å². The first-order valence-corrected chi connectivity index (χ1v) is 12.4. The Morgan fingerprint density at radius 3 is 1.56 bits per heavy atom. The van der Waals surface area contributed by atoms with Gasteiger partial charge in [0.25, 0.3) is 0 Å². The average Bonchev–Trinajstić information content (AvgIpc) is 3.35. The van der Waals surface area contributed by atoms with Crippen molar-refractivity contribution in [1.82, 2.24) is 0 Å². The van der Waals surface area contributed by atoms with Gasteiger partial charge in [-0.1, -0.05) is 60.7 Å². The van der Waals surface area contributed by atoms with Crippen molar-refractivity contribution in [3.63, 3.8) is 0 Å². The van der Waals surface area contributed by atoms with Gasteiger partial charge in [0.1, 0.15) is 5.75 Å². The van der Waals surface area contributed by atoms with Gasteiger partial charge in [-0.2, -0.15) is 0 Å². The molecule has 2 amide bonds. The minimum Gasteiger partial charge on any atom is -0.494 e. The predicted octanol–water partition coefficient (Wildman–Crippen LogP) is 5.41. The van der Waals surface area contributed by atoms with Crippen molar-refractivity contribution in [2.24, 2.45) is 22.7 Å². The second kappa shape index (κ2) is 7.76. The summed E-state index contributed by atoms with van der Waals surface area (Å²) in [6.45, 7) is 6.16. The van der Waals surface area contributed by atoms with E-state index in [-0.39, 0.29) is 17.6 Å². The molecular formula is C31H27NO4. The van der Waals surface area contributed by atoms with Gasteiger partial charge in [0.05, 0.1) is 35.0 Å². The maximum Gasteiger partial charge on any atom is 0.239 e. The Bertz CT molecular complexity index is 1340. The van der Waals surface area contributed by atoms with Crippen LogP contribution in [0.3, 0.4) is 0 Å². The molecule has 36 heavy (non-hydrogen) atoms. The Hall–Kier alpha value is -3.99. The molecular weight excluding hydrogens is 450 g/mol. The number of nitrogens with zero attached hydrogens (tertiary/aromatic N) is 1. The van der Waals surface area contributed by atoms with E-state index in [4.69, 9.17) is 4.74 Å². The number of imide groups is 1. The Morgan fingerprint density at radius 2 is 1.14 bits per heavy atom. The normalized spacial score (nSPS) is 28.8. The first-order valence-electron chi connectivity index (χ1n) is 12.4. The summed E-state index contributed by atoms with van der Waals surface area (Å²) < 4.78 is 5.53. The van der Waals surface area contributed by atoms with E-state index < -0.39 is 22.7 Å². The molecule has 3 aliphatic rings. The number of ether oxygens (including phenoxy) is 1. The van der Waals surface area contributed by atoms with Crippen LogP contribution in [0.5, 0.6) is 5.75 Å². The molecule has 1 saturated heterocycles. The lowest BCUT2D eigenvalue weighted by Gasteiger charge is -2.35. The number of fused-ring (bicyclic) bond motifs is 5. The van der Waals surface area contributed by atoms with Gasteiger partial charge < -0.3 is 4.74 Å². The van der Waals surface area contributed by atoms with E-state index in [9.17, 15) is 14.4 Å². The zero-order valence-corrected chi connectivity index (χ0v) is 20.5. The number of amides is 2. The summed E-state index contributed by atoms with van der Waals surface area (Å²) in [6, 6.07) is 26.6. The molecule has 0 unspecified atom stereocenters. The van der Waals surface area contributed by atoms with E-state index in [1.54, 1.807) is 24.3 Å². The SMILES string of the molecule is CCOc1ccc(N2C(=O)[C@H]3[C@H](C2=O)[C@@]2(C)C(=O)[C@@]3(C)C(c3ccccc3)=C2c2ccccc2)cc1. The van der Waals surface area contributed by atoms with Gasteiger partial charge >= 0.3 is 0 Å². The fourth-order valence-corrected chi connectivity index (χ4v) is 6.92. The van der Waals surface area contributed by atoms with E-state index in [2.05, 4.69) is 0 Å². The van der Waals surface area contributed by atoms with Gasteiger partial charge in [-0.05, 0) is 67.3 Å². The molecule has 6 rings (SSSR count). The van der Waals surface area contributed by atoms with E-state index >= 15 is 0 Å². The molecule has 4 atom stereocenters. The lowest BCUT2D eigenvalue weighted by atomic mass is 9.63. The summed E-state index contributed by atoms with van der Waals surface area (Å²) in [5, 5.41) is 0. The highest BCUT2D eigenvalue weighted by molar-refractivity contribution is 6.34. The molecule has 1 aliphatic heterocycles. The van der Waals surface area contributed by atoms with Crippen LogP contribution in [0.1, 0.15) is 31.9 Å². The number of anilines is 1. The Balaban J connectivity index is 1.55. The molecule has 180 valence electrons. The molecule has 2 aliphatic carbocycles. The van der Waals surface area contributed by atoms with E-state index in [0.29, 0.717) is 18.0 Å². The standard InChI is InChI=1S/C31H27NO4/c1-4-36-22-17-15-21(16-18-22)32-27(33)25-26(28(32)34)31(3)24(20-13-9-6-10-14-20)23(30(25,2)29(31)35)19-11-7-5-8-12-19/h5-18,25-26H,4H2,1-3H3/t25-,26-,30+,31+/m1/s1. The van der Waals surface area contributed by atoms with Crippen LogP contribution in [-0.2, 0) is 14.4 Å². The van der Waals surface area contributed by atoms with Gasteiger partial charge in [0, 0.05) is 0 Å². The third-order valence-electron chi connectivity index (χ3n) is 8.31. The Labute approximate surface area is 210 Å². The van der Waals surface area contributed by atoms with Gasteiger partial charge in [0.2, 0.25) is 11.8 Å². The molecule has 5 nitrogen and oxygen atoms in total. The van der Waals surface area contributed by atoms with Crippen molar-refractivity contribution in [3.05, 3.63) is 96.1 Å². The molecule has 1 heterocycles. The van der Waals surface area contributed by atoms with Crippen LogP contribution in [-0.4, -0.2) is 24.2 Å². The number of Topliss-reactive ketones (excluding diaryl/α,β-unsaturated/α-hetero) is 1. The van der Waals surface area contributed by atoms with Crippen LogP contribution >= 0.6 is 0 Å². The smallest absolute Gasteiger partial charge is 0.239 e. The second-order valence-corrected chi connectivity index (χ2v) is 10.1. The summed E-state index contributed by atoms with van der Waals surface area (Å²) in [7, 11) is 0. The lowest BCUT2D eigenvalue weighted by Crippen LogP contribution is -2.40. The van der Waals surface area contributed by atoms with Crippen LogP contribution in [0.25, 0.3) is 11.1 Å². The minimum atomic E-state index is -1.11. The predicted molar refractivity (Wildman–Crippen MR) is 138 cm³/mol. The molecule has 3 aromatic rings. The fourth-order valence-electron chi connectivity index (χ4n) is 6.92. The molecule has 0 aromatic heterocycles. The van der Waals surface area contributed by atoms with Crippen molar-refractivity contribution in [1.29, 1.82) is 0 Å². The Morgan fingerprint density at radius 1 is 0.694 bits per heavy atom. The summed E-state index contributed by atoms with van der Waals surface area (Å²) >= 11 is 0. The fraction of sp³-hybridized carbons (Fsp3) is 0.258. The van der Waals surface area contributed by atoms with Crippen molar-refractivity contribution in [3.8, 4) is 5.75 Å². The maximum absolute atomic E-state index is 14.3. The number of hydrogen-bond donors (Lipinski definition) is 0. The van der Waals surface area contributed by atoms with Crippen molar-refractivity contribution in [2.45, 2.75) is 20.8 Å². The molecule has 0 N–H and O–H groups in total. The number of benzene rings is 3. The summed E-state index contributed by atoms with van der Waals surface area (Å²) in [5.74, 6) is -1.50.